The van der Waals surface area contributed by atoms with Crippen molar-refractivity contribution in [2.24, 2.45) is 5.41 Å². The summed E-state index contributed by atoms with van der Waals surface area (Å²) in [6.07, 6.45) is 2.76. The van der Waals surface area contributed by atoms with Crippen LogP contribution in [0.25, 0.3) is 0 Å². The zero-order valence-corrected chi connectivity index (χ0v) is 12.6. The number of ether oxygens (including phenoxy) is 1. The van der Waals surface area contributed by atoms with Crippen LogP contribution >= 0.6 is 0 Å². The molecule has 2 N–H and O–H groups in total. The molecule has 1 aliphatic carbocycles. The molecule has 118 valence electrons. The number of furan rings is 1. The average molecular weight is 295 g/mol. The highest BCUT2D eigenvalue weighted by molar-refractivity contribution is 5.09. The monoisotopic (exact) mass is 295 g/mol. The lowest BCUT2D eigenvalue weighted by molar-refractivity contribution is -0.210. The van der Waals surface area contributed by atoms with Gasteiger partial charge in [-0.05, 0) is 45.0 Å². The number of piperidine rings is 1. The van der Waals surface area contributed by atoms with Gasteiger partial charge >= 0.3 is 0 Å². The number of hydrogen-bond donors (Lipinski definition) is 2. The predicted molar refractivity (Wildman–Crippen MR) is 77.6 cm³/mol. The zero-order chi connectivity index (χ0) is 14.9. The second-order valence-electron chi connectivity index (χ2n) is 6.23. The highest BCUT2D eigenvalue weighted by Crippen LogP contribution is 2.51. The molecular weight excluding hydrogens is 270 g/mol. The third kappa shape index (κ3) is 2.75. The quantitative estimate of drug-likeness (QED) is 0.862. The number of nitrogens with zero attached hydrogens (tertiary/aromatic N) is 1. The van der Waals surface area contributed by atoms with E-state index in [2.05, 4.69) is 4.90 Å². The second kappa shape index (κ2) is 6.08. The number of aliphatic hydroxyl groups is 2. The average Bonchev–Trinajstić information content (AvgIpc) is 2.95. The van der Waals surface area contributed by atoms with Crippen LogP contribution in [0.4, 0.5) is 0 Å². The van der Waals surface area contributed by atoms with E-state index in [9.17, 15) is 5.11 Å². The summed E-state index contributed by atoms with van der Waals surface area (Å²) in [6, 6.07) is 3.75. The second-order valence-corrected chi connectivity index (χ2v) is 6.23. The molecule has 0 radical (unpaired) electrons. The van der Waals surface area contributed by atoms with Gasteiger partial charge < -0.3 is 19.4 Å². The summed E-state index contributed by atoms with van der Waals surface area (Å²) in [6.45, 7) is 5.37. The molecule has 5 heteroatoms. The van der Waals surface area contributed by atoms with E-state index in [0.717, 1.165) is 51.3 Å². The molecule has 0 bridgehead atoms. The molecule has 1 spiro atoms. The molecule has 5 nitrogen and oxygen atoms in total. The van der Waals surface area contributed by atoms with Gasteiger partial charge in [-0.1, -0.05) is 0 Å². The maximum Gasteiger partial charge on any atom is 0.129 e. The first kappa shape index (κ1) is 15.0. The van der Waals surface area contributed by atoms with Gasteiger partial charge in [-0.2, -0.15) is 0 Å². The van der Waals surface area contributed by atoms with Gasteiger partial charge in [0, 0.05) is 18.4 Å². The van der Waals surface area contributed by atoms with Crippen molar-refractivity contribution in [3.05, 3.63) is 23.7 Å². The molecule has 1 aromatic rings. The number of aliphatic hydroxyl groups excluding tert-OH is 2. The summed E-state index contributed by atoms with van der Waals surface area (Å²) in [5, 5.41) is 19.2. The van der Waals surface area contributed by atoms with E-state index < -0.39 is 0 Å². The minimum atomic E-state index is -0.208. The van der Waals surface area contributed by atoms with Crippen LogP contribution in [0.3, 0.4) is 0 Å². The minimum absolute atomic E-state index is 0.0219. The standard InChI is InChI=1S/C16H25NO4/c1-2-20-15-9-14(19)16(15)5-7-17(8-6-16)10-12-3-4-13(11-18)21-12/h3-4,14-15,18-19H,2,5-11H2,1H3. The molecular formula is C16H25NO4. The van der Waals surface area contributed by atoms with Gasteiger partial charge in [0.25, 0.3) is 0 Å². The maximum absolute atomic E-state index is 10.2. The van der Waals surface area contributed by atoms with Crippen molar-refractivity contribution in [2.45, 2.75) is 51.5 Å². The van der Waals surface area contributed by atoms with Crippen LogP contribution in [0.5, 0.6) is 0 Å². The van der Waals surface area contributed by atoms with E-state index in [1.54, 1.807) is 0 Å². The van der Waals surface area contributed by atoms with Crippen LogP contribution in [0.2, 0.25) is 0 Å². The van der Waals surface area contributed by atoms with Gasteiger partial charge in [-0.25, -0.2) is 0 Å². The molecule has 21 heavy (non-hydrogen) atoms. The first-order chi connectivity index (χ1) is 10.2. The Kier molecular flexibility index (Phi) is 4.36. The molecule has 1 saturated heterocycles. The van der Waals surface area contributed by atoms with E-state index in [4.69, 9.17) is 14.3 Å². The van der Waals surface area contributed by atoms with Gasteiger partial charge in [-0.3, -0.25) is 4.90 Å². The van der Waals surface area contributed by atoms with Crippen LogP contribution in [-0.4, -0.2) is 47.0 Å². The number of likely N-dealkylation sites (tertiary alicyclic amines) is 1. The van der Waals surface area contributed by atoms with E-state index in [-0.39, 0.29) is 24.2 Å². The Morgan fingerprint density at radius 3 is 2.62 bits per heavy atom. The zero-order valence-electron chi connectivity index (χ0n) is 12.6. The Balaban J connectivity index is 1.55. The van der Waals surface area contributed by atoms with E-state index in [0.29, 0.717) is 5.76 Å². The Labute approximate surface area is 125 Å². The predicted octanol–water partition coefficient (Wildman–Crippen LogP) is 1.52. The lowest BCUT2D eigenvalue weighted by Crippen LogP contribution is -2.62. The first-order valence-electron chi connectivity index (χ1n) is 7.88. The fraction of sp³-hybridized carbons (Fsp3) is 0.750. The molecule has 1 aliphatic heterocycles. The molecule has 1 saturated carbocycles. The largest absolute Gasteiger partial charge is 0.462 e. The number of hydrogen-bond acceptors (Lipinski definition) is 5. The summed E-state index contributed by atoms with van der Waals surface area (Å²) in [5.74, 6) is 1.51. The fourth-order valence-corrected chi connectivity index (χ4v) is 3.76. The smallest absolute Gasteiger partial charge is 0.129 e. The van der Waals surface area contributed by atoms with Crippen LogP contribution in [0.15, 0.2) is 16.5 Å². The summed E-state index contributed by atoms with van der Waals surface area (Å²) in [5.41, 5.74) is -0.0219. The van der Waals surface area contributed by atoms with Crippen molar-refractivity contribution in [1.82, 2.24) is 4.90 Å². The Bertz CT molecular complexity index is 463. The number of rotatable bonds is 5. The van der Waals surface area contributed by atoms with E-state index >= 15 is 0 Å². The lowest BCUT2D eigenvalue weighted by Gasteiger charge is -2.56. The Morgan fingerprint density at radius 2 is 2.05 bits per heavy atom. The summed E-state index contributed by atoms with van der Waals surface area (Å²) in [4.78, 5) is 2.35. The molecule has 2 atom stereocenters. The first-order valence-corrected chi connectivity index (χ1v) is 7.88. The van der Waals surface area contributed by atoms with Crippen LogP contribution in [-0.2, 0) is 17.9 Å². The van der Waals surface area contributed by atoms with Crippen molar-refractivity contribution in [3.63, 3.8) is 0 Å². The summed E-state index contributed by atoms with van der Waals surface area (Å²) < 4.78 is 11.3. The highest BCUT2D eigenvalue weighted by Gasteiger charge is 2.55. The molecule has 0 aromatic carbocycles. The highest BCUT2D eigenvalue weighted by atomic mass is 16.5. The maximum atomic E-state index is 10.2. The summed E-state index contributed by atoms with van der Waals surface area (Å²) in [7, 11) is 0. The topological polar surface area (TPSA) is 66.1 Å². The van der Waals surface area contributed by atoms with Gasteiger partial charge in [-0.15, -0.1) is 0 Å². The van der Waals surface area contributed by atoms with Gasteiger partial charge in [0.1, 0.15) is 18.1 Å². The Morgan fingerprint density at radius 1 is 1.33 bits per heavy atom. The fourth-order valence-electron chi connectivity index (χ4n) is 3.76. The molecule has 3 rings (SSSR count). The third-order valence-corrected chi connectivity index (χ3v) is 5.15. The molecule has 2 aliphatic rings. The van der Waals surface area contributed by atoms with E-state index in [1.165, 1.54) is 0 Å². The minimum Gasteiger partial charge on any atom is -0.462 e. The van der Waals surface area contributed by atoms with Crippen molar-refractivity contribution in [1.29, 1.82) is 0 Å². The normalized spacial score (nSPS) is 28.7. The molecule has 2 heterocycles. The van der Waals surface area contributed by atoms with Crippen LogP contribution < -0.4 is 0 Å². The van der Waals surface area contributed by atoms with E-state index in [1.807, 2.05) is 19.1 Å². The molecule has 2 unspecified atom stereocenters. The van der Waals surface area contributed by atoms with Crippen molar-refractivity contribution in [2.75, 3.05) is 19.7 Å². The van der Waals surface area contributed by atoms with Crippen LogP contribution in [0, 0.1) is 5.41 Å². The van der Waals surface area contributed by atoms with Gasteiger partial charge in [0.05, 0.1) is 18.8 Å². The lowest BCUT2D eigenvalue weighted by atomic mass is 9.58. The third-order valence-electron chi connectivity index (χ3n) is 5.15. The Hall–Kier alpha value is -0.880. The SMILES string of the molecule is CCOC1CC(O)C12CCN(Cc1ccc(CO)o1)CC2. The molecule has 0 amide bonds. The van der Waals surface area contributed by atoms with Crippen molar-refractivity contribution < 1.29 is 19.4 Å². The van der Waals surface area contributed by atoms with Crippen molar-refractivity contribution >= 4 is 0 Å². The van der Waals surface area contributed by atoms with Gasteiger partial charge in [0.2, 0.25) is 0 Å². The molecule has 2 fully saturated rings. The van der Waals surface area contributed by atoms with Gasteiger partial charge in [0.15, 0.2) is 0 Å². The van der Waals surface area contributed by atoms with Crippen LogP contribution in [0.1, 0.15) is 37.7 Å². The summed E-state index contributed by atoms with van der Waals surface area (Å²) >= 11 is 0. The molecule has 1 aromatic heterocycles. The van der Waals surface area contributed by atoms with Crippen molar-refractivity contribution in [3.8, 4) is 0 Å².